The fourth-order valence-corrected chi connectivity index (χ4v) is 5.41. The summed E-state index contributed by atoms with van der Waals surface area (Å²) < 4.78 is 6.03. The number of hydrogen-bond acceptors (Lipinski definition) is 3. The van der Waals surface area contributed by atoms with Gasteiger partial charge in [0.1, 0.15) is 6.10 Å². The number of carboxylic acids is 1. The summed E-state index contributed by atoms with van der Waals surface area (Å²) in [5.74, 6) is 0.0989. The molecule has 1 aliphatic carbocycles. The Balaban J connectivity index is 2.35. The number of carbonyl (C=O) groups excluding carboxylic acids is 1. The van der Waals surface area contributed by atoms with E-state index in [1.807, 2.05) is 0 Å². The van der Waals surface area contributed by atoms with Crippen LogP contribution in [0.5, 0.6) is 0 Å². The standard InChI is InChI=1S/C31H58O4/c1-25(2)18-13-9-6-5-7-11-15-22-29(23-16-12-8-10-14-19-26(3)4)35-31(34)28-21-17-20-27(24-28)30(32)33/h25-29H,5-24H2,1-4H3,(H,32,33). The first-order valence-corrected chi connectivity index (χ1v) is 15.2. The molecule has 3 atom stereocenters. The minimum absolute atomic E-state index is 0.00871. The summed E-state index contributed by atoms with van der Waals surface area (Å²) in [5.41, 5.74) is 0. The lowest BCUT2D eigenvalue weighted by atomic mass is 9.81. The maximum Gasteiger partial charge on any atom is 0.309 e. The predicted molar refractivity (Wildman–Crippen MR) is 147 cm³/mol. The molecule has 0 aromatic heterocycles. The lowest BCUT2D eigenvalue weighted by Crippen LogP contribution is -2.31. The van der Waals surface area contributed by atoms with E-state index in [2.05, 4.69) is 27.7 Å². The normalized spacial score (nSPS) is 19.3. The number of rotatable bonds is 21. The Morgan fingerprint density at radius 3 is 1.49 bits per heavy atom. The van der Waals surface area contributed by atoms with Crippen LogP contribution in [0.15, 0.2) is 0 Å². The predicted octanol–water partition coefficient (Wildman–Crippen LogP) is 9.34. The smallest absolute Gasteiger partial charge is 0.309 e. The third kappa shape index (κ3) is 17.1. The molecule has 0 aliphatic heterocycles. The van der Waals surface area contributed by atoms with Crippen molar-refractivity contribution < 1.29 is 19.4 Å². The van der Waals surface area contributed by atoms with Crippen molar-refractivity contribution >= 4 is 11.9 Å². The maximum atomic E-state index is 12.9. The van der Waals surface area contributed by atoms with Crippen LogP contribution < -0.4 is 0 Å². The first-order chi connectivity index (χ1) is 16.8. The van der Waals surface area contributed by atoms with E-state index in [0.717, 1.165) is 50.4 Å². The summed E-state index contributed by atoms with van der Waals surface area (Å²) in [6, 6.07) is 0. The molecule has 0 bridgehead atoms. The molecule has 0 aromatic rings. The van der Waals surface area contributed by atoms with Gasteiger partial charge in [0, 0.05) is 0 Å². The molecule has 0 heterocycles. The van der Waals surface area contributed by atoms with Crippen LogP contribution in [-0.2, 0) is 14.3 Å². The number of unbranched alkanes of at least 4 members (excludes halogenated alkanes) is 10. The zero-order chi connectivity index (χ0) is 25.9. The van der Waals surface area contributed by atoms with Gasteiger partial charge in [-0.05, 0) is 56.8 Å². The molecule has 0 spiro atoms. The molecule has 4 heteroatoms. The molecule has 0 radical (unpaired) electrons. The Bertz CT molecular complexity index is 542. The third-order valence-corrected chi connectivity index (χ3v) is 7.75. The Morgan fingerprint density at radius 2 is 1.06 bits per heavy atom. The highest BCUT2D eigenvalue weighted by molar-refractivity contribution is 5.75. The van der Waals surface area contributed by atoms with E-state index in [1.54, 1.807) is 0 Å². The second-order valence-corrected chi connectivity index (χ2v) is 12.1. The van der Waals surface area contributed by atoms with Gasteiger partial charge < -0.3 is 9.84 Å². The summed E-state index contributed by atoms with van der Waals surface area (Å²) >= 11 is 0. The molecule has 0 amide bonds. The molecule has 1 N–H and O–H groups in total. The minimum Gasteiger partial charge on any atom is -0.481 e. The molecule has 4 nitrogen and oxygen atoms in total. The second-order valence-electron chi connectivity index (χ2n) is 12.1. The summed E-state index contributed by atoms with van der Waals surface area (Å²) in [7, 11) is 0. The van der Waals surface area contributed by atoms with Crippen LogP contribution in [0.3, 0.4) is 0 Å². The number of hydrogen-bond donors (Lipinski definition) is 1. The van der Waals surface area contributed by atoms with Gasteiger partial charge in [-0.25, -0.2) is 0 Å². The van der Waals surface area contributed by atoms with Crippen molar-refractivity contribution in [1.29, 1.82) is 0 Å². The van der Waals surface area contributed by atoms with Gasteiger partial charge in [-0.15, -0.1) is 0 Å². The van der Waals surface area contributed by atoms with Crippen LogP contribution in [0.2, 0.25) is 0 Å². The van der Waals surface area contributed by atoms with E-state index < -0.39 is 5.97 Å². The average molecular weight is 495 g/mol. The van der Waals surface area contributed by atoms with Gasteiger partial charge in [0.2, 0.25) is 0 Å². The van der Waals surface area contributed by atoms with Crippen molar-refractivity contribution in [3.63, 3.8) is 0 Å². The minimum atomic E-state index is -0.763. The molecular weight excluding hydrogens is 436 g/mol. The third-order valence-electron chi connectivity index (χ3n) is 7.75. The van der Waals surface area contributed by atoms with Crippen LogP contribution in [0, 0.1) is 23.7 Å². The highest BCUT2D eigenvalue weighted by atomic mass is 16.5. The molecule has 206 valence electrons. The van der Waals surface area contributed by atoms with Crippen LogP contribution in [0.4, 0.5) is 0 Å². The van der Waals surface area contributed by atoms with Gasteiger partial charge in [-0.2, -0.15) is 0 Å². The van der Waals surface area contributed by atoms with E-state index in [9.17, 15) is 14.7 Å². The summed E-state index contributed by atoms with van der Waals surface area (Å²) in [6.45, 7) is 9.18. The van der Waals surface area contributed by atoms with Gasteiger partial charge in [-0.3, -0.25) is 9.59 Å². The van der Waals surface area contributed by atoms with Crippen molar-refractivity contribution in [2.45, 2.75) is 162 Å². The molecule has 1 aliphatic rings. The van der Waals surface area contributed by atoms with Gasteiger partial charge in [0.15, 0.2) is 0 Å². The molecular formula is C31H58O4. The molecule has 3 unspecified atom stereocenters. The topological polar surface area (TPSA) is 63.6 Å². The number of aliphatic carboxylic acids is 1. The van der Waals surface area contributed by atoms with E-state index >= 15 is 0 Å². The van der Waals surface area contributed by atoms with Gasteiger partial charge in [0.25, 0.3) is 0 Å². The number of esters is 1. The van der Waals surface area contributed by atoms with Crippen molar-refractivity contribution in [3.05, 3.63) is 0 Å². The number of carbonyl (C=O) groups is 2. The Kier molecular flexibility index (Phi) is 18.3. The van der Waals surface area contributed by atoms with E-state index in [0.29, 0.717) is 12.8 Å². The van der Waals surface area contributed by atoms with Gasteiger partial charge in [0.05, 0.1) is 11.8 Å². The number of carboxylic acid groups (broad SMARTS) is 1. The summed E-state index contributed by atoms with van der Waals surface area (Å²) in [5, 5.41) is 9.36. The van der Waals surface area contributed by atoms with Gasteiger partial charge >= 0.3 is 11.9 Å². The second kappa shape index (κ2) is 20.0. The van der Waals surface area contributed by atoms with Crippen molar-refractivity contribution in [2.24, 2.45) is 23.7 Å². The van der Waals surface area contributed by atoms with Crippen molar-refractivity contribution in [1.82, 2.24) is 0 Å². The van der Waals surface area contributed by atoms with Crippen molar-refractivity contribution in [2.75, 3.05) is 0 Å². The van der Waals surface area contributed by atoms with E-state index in [1.165, 1.54) is 77.0 Å². The van der Waals surface area contributed by atoms with Gasteiger partial charge in [-0.1, -0.05) is 111 Å². The van der Waals surface area contributed by atoms with E-state index in [-0.39, 0.29) is 23.9 Å². The largest absolute Gasteiger partial charge is 0.481 e. The van der Waals surface area contributed by atoms with Crippen LogP contribution in [0.1, 0.15) is 156 Å². The van der Waals surface area contributed by atoms with Crippen LogP contribution in [-0.4, -0.2) is 23.1 Å². The highest BCUT2D eigenvalue weighted by Gasteiger charge is 2.32. The molecule has 35 heavy (non-hydrogen) atoms. The highest BCUT2D eigenvalue weighted by Crippen LogP contribution is 2.31. The van der Waals surface area contributed by atoms with Crippen LogP contribution >= 0.6 is 0 Å². The Labute approximate surface area is 217 Å². The molecule has 1 rings (SSSR count). The molecule has 0 saturated heterocycles. The molecule has 1 fully saturated rings. The Morgan fingerprint density at radius 1 is 0.657 bits per heavy atom. The summed E-state index contributed by atoms with van der Waals surface area (Å²) in [4.78, 5) is 24.3. The average Bonchev–Trinajstić information content (AvgIpc) is 2.81. The fraction of sp³-hybridized carbons (Fsp3) is 0.935. The van der Waals surface area contributed by atoms with Crippen molar-refractivity contribution in [3.8, 4) is 0 Å². The SMILES string of the molecule is CC(C)CCCCCCCCCC(CCCCCCCC(C)C)OC(=O)C1CCCC(C(=O)O)C1. The molecule has 1 saturated carbocycles. The zero-order valence-corrected chi connectivity index (χ0v) is 23.7. The molecule has 0 aromatic carbocycles. The monoisotopic (exact) mass is 494 g/mol. The first kappa shape index (κ1) is 32.0. The zero-order valence-electron chi connectivity index (χ0n) is 23.7. The first-order valence-electron chi connectivity index (χ1n) is 15.2. The van der Waals surface area contributed by atoms with Crippen LogP contribution in [0.25, 0.3) is 0 Å². The lowest BCUT2D eigenvalue weighted by molar-refractivity contribution is -0.158. The van der Waals surface area contributed by atoms with E-state index in [4.69, 9.17) is 4.74 Å². The summed E-state index contributed by atoms with van der Waals surface area (Å²) in [6.07, 6.45) is 22.6. The quantitative estimate of drug-likeness (QED) is 0.127. The lowest BCUT2D eigenvalue weighted by Gasteiger charge is -2.27. The number of ether oxygens (including phenoxy) is 1. The fourth-order valence-electron chi connectivity index (χ4n) is 5.41. The maximum absolute atomic E-state index is 12.9. The Hall–Kier alpha value is -1.06.